The first-order chi connectivity index (χ1) is 6.25. The number of furan rings is 1. The van der Waals surface area contributed by atoms with E-state index in [2.05, 4.69) is 5.92 Å². The molecule has 0 aliphatic carbocycles. The summed E-state index contributed by atoms with van der Waals surface area (Å²) in [5.74, 6) is 2.57. The van der Waals surface area contributed by atoms with Gasteiger partial charge >= 0.3 is 0 Å². The average molecular weight is 198 g/mol. The minimum atomic E-state index is -0.0698. The highest BCUT2D eigenvalue weighted by atomic mass is 35.5. The van der Waals surface area contributed by atoms with Gasteiger partial charge in [-0.2, -0.15) is 0 Å². The SMILES string of the molecule is C#CCCCC(N)c1ccoc1Cl. The monoisotopic (exact) mass is 197 g/mol. The number of hydrogen-bond acceptors (Lipinski definition) is 2. The predicted molar refractivity (Wildman–Crippen MR) is 53.3 cm³/mol. The summed E-state index contributed by atoms with van der Waals surface area (Å²) in [7, 11) is 0. The summed E-state index contributed by atoms with van der Waals surface area (Å²) < 4.78 is 4.94. The molecule has 1 heterocycles. The number of rotatable bonds is 4. The maximum atomic E-state index is 5.87. The highest BCUT2D eigenvalue weighted by Gasteiger charge is 2.11. The summed E-state index contributed by atoms with van der Waals surface area (Å²) >= 11 is 5.76. The van der Waals surface area contributed by atoms with Gasteiger partial charge in [0.25, 0.3) is 0 Å². The number of halogens is 1. The number of terminal acetylenes is 1. The van der Waals surface area contributed by atoms with E-state index >= 15 is 0 Å². The van der Waals surface area contributed by atoms with Gasteiger partial charge < -0.3 is 10.2 Å². The Morgan fingerprint density at radius 3 is 3.00 bits per heavy atom. The Balaban J connectivity index is 2.45. The lowest BCUT2D eigenvalue weighted by atomic mass is 10.1. The molecule has 13 heavy (non-hydrogen) atoms. The lowest BCUT2D eigenvalue weighted by Crippen LogP contribution is -2.09. The van der Waals surface area contributed by atoms with Crippen LogP contribution < -0.4 is 5.73 Å². The van der Waals surface area contributed by atoms with Gasteiger partial charge in [-0.1, -0.05) is 0 Å². The first-order valence-electron chi connectivity index (χ1n) is 4.17. The third-order valence-corrected chi connectivity index (χ3v) is 2.19. The fraction of sp³-hybridized carbons (Fsp3) is 0.400. The van der Waals surface area contributed by atoms with E-state index in [1.54, 1.807) is 12.3 Å². The van der Waals surface area contributed by atoms with Crippen molar-refractivity contribution in [2.75, 3.05) is 0 Å². The zero-order valence-corrected chi connectivity index (χ0v) is 8.05. The molecular formula is C10H12ClNO. The summed E-state index contributed by atoms with van der Waals surface area (Å²) in [4.78, 5) is 0. The Bertz CT molecular complexity index is 300. The molecule has 1 unspecified atom stereocenters. The first kappa shape index (κ1) is 10.2. The van der Waals surface area contributed by atoms with Crippen LogP contribution in [0, 0.1) is 12.3 Å². The molecule has 0 saturated heterocycles. The van der Waals surface area contributed by atoms with E-state index in [1.807, 2.05) is 0 Å². The van der Waals surface area contributed by atoms with Gasteiger partial charge in [-0.05, 0) is 30.5 Å². The van der Waals surface area contributed by atoms with Crippen molar-refractivity contribution in [2.24, 2.45) is 5.73 Å². The van der Waals surface area contributed by atoms with Gasteiger partial charge in [0.05, 0.1) is 6.26 Å². The molecule has 0 aromatic carbocycles. The zero-order chi connectivity index (χ0) is 9.68. The van der Waals surface area contributed by atoms with E-state index in [4.69, 9.17) is 28.2 Å². The van der Waals surface area contributed by atoms with Gasteiger partial charge in [0.1, 0.15) is 0 Å². The van der Waals surface area contributed by atoms with Crippen LogP contribution in [0.4, 0.5) is 0 Å². The van der Waals surface area contributed by atoms with Crippen LogP contribution in [-0.2, 0) is 0 Å². The lowest BCUT2D eigenvalue weighted by molar-refractivity contribution is 0.553. The van der Waals surface area contributed by atoms with Gasteiger partial charge in [-0.25, -0.2) is 0 Å². The van der Waals surface area contributed by atoms with Crippen LogP contribution in [0.2, 0.25) is 5.22 Å². The molecule has 0 aliphatic heterocycles. The molecule has 0 bridgehead atoms. The Hall–Kier alpha value is -0.910. The second-order valence-corrected chi connectivity index (χ2v) is 3.20. The quantitative estimate of drug-likeness (QED) is 0.596. The van der Waals surface area contributed by atoms with Gasteiger partial charge in [-0.15, -0.1) is 12.3 Å². The van der Waals surface area contributed by atoms with E-state index in [1.165, 1.54) is 0 Å². The van der Waals surface area contributed by atoms with Crippen LogP contribution in [-0.4, -0.2) is 0 Å². The van der Waals surface area contributed by atoms with Crippen molar-refractivity contribution in [1.82, 2.24) is 0 Å². The van der Waals surface area contributed by atoms with Crippen LogP contribution in [0.15, 0.2) is 16.7 Å². The fourth-order valence-electron chi connectivity index (χ4n) is 1.15. The third kappa shape index (κ3) is 2.80. The normalized spacial score (nSPS) is 12.4. The van der Waals surface area contributed by atoms with Crippen molar-refractivity contribution in [3.8, 4) is 12.3 Å². The van der Waals surface area contributed by atoms with Crippen LogP contribution in [0.1, 0.15) is 30.9 Å². The molecule has 70 valence electrons. The second-order valence-electron chi connectivity index (χ2n) is 2.85. The maximum Gasteiger partial charge on any atom is 0.197 e. The van der Waals surface area contributed by atoms with Crippen LogP contribution in [0.3, 0.4) is 0 Å². The maximum absolute atomic E-state index is 5.87. The van der Waals surface area contributed by atoms with Crippen molar-refractivity contribution >= 4 is 11.6 Å². The van der Waals surface area contributed by atoms with Crippen LogP contribution in [0.25, 0.3) is 0 Å². The van der Waals surface area contributed by atoms with E-state index in [0.717, 1.165) is 24.8 Å². The molecule has 1 aromatic heterocycles. The Labute approximate surface area is 83.1 Å². The van der Waals surface area contributed by atoms with Crippen molar-refractivity contribution in [3.05, 3.63) is 23.1 Å². The standard InChI is InChI=1S/C10H12ClNO/c1-2-3-4-5-9(12)8-6-7-13-10(8)11/h1,6-7,9H,3-5,12H2. The molecule has 1 rings (SSSR count). The summed E-state index contributed by atoms with van der Waals surface area (Å²) in [5.41, 5.74) is 6.73. The topological polar surface area (TPSA) is 39.2 Å². The Morgan fingerprint density at radius 2 is 2.46 bits per heavy atom. The second kappa shape index (κ2) is 4.96. The number of nitrogens with two attached hydrogens (primary N) is 1. The number of unbranched alkanes of at least 4 members (excludes halogenated alkanes) is 1. The highest BCUT2D eigenvalue weighted by Crippen LogP contribution is 2.25. The Morgan fingerprint density at radius 1 is 1.69 bits per heavy atom. The van der Waals surface area contributed by atoms with Crippen LogP contribution in [0.5, 0.6) is 0 Å². The lowest BCUT2D eigenvalue weighted by Gasteiger charge is -2.07. The molecule has 3 heteroatoms. The summed E-state index contributed by atoms with van der Waals surface area (Å²) in [5, 5.41) is 0.383. The van der Waals surface area contributed by atoms with E-state index in [-0.39, 0.29) is 6.04 Å². The average Bonchev–Trinajstić information content (AvgIpc) is 2.52. The first-order valence-corrected chi connectivity index (χ1v) is 4.55. The highest BCUT2D eigenvalue weighted by molar-refractivity contribution is 6.29. The molecule has 1 atom stereocenters. The van der Waals surface area contributed by atoms with Gasteiger partial charge in [-0.3, -0.25) is 0 Å². The molecular weight excluding hydrogens is 186 g/mol. The van der Waals surface area contributed by atoms with Gasteiger partial charge in [0, 0.05) is 18.0 Å². The number of hydrogen-bond donors (Lipinski definition) is 1. The molecule has 0 spiro atoms. The fourth-order valence-corrected chi connectivity index (χ4v) is 1.40. The predicted octanol–water partition coefficient (Wildman–Crippen LogP) is 2.74. The molecule has 1 aromatic rings. The van der Waals surface area contributed by atoms with Crippen molar-refractivity contribution in [2.45, 2.75) is 25.3 Å². The minimum absolute atomic E-state index is 0.0698. The molecule has 0 radical (unpaired) electrons. The van der Waals surface area contributed by atoms with Crippen molar-refractivity contribution in [3.63, 3.8) is 0 Å². The van der Waals surface area contributed by atoms with Crippen LogP contribution >= 0.6 is 11.6 Å². The van der Waals surface area contributed by atoms with Crippen molar-refractivity contribution in [1.29, 1.82) is 0 Å². The van der Waals surface area contributed by atoms with E-state index in [0.29, 0.717) is 5.22 Å². The van der Waals surface area contributed by atoms with Crippen molar-refractivity contribution < 1.29 is 4.42 Å². The van der Waals surface area contributed by atoms with E-state index in [9.17, 15) is 0 Å². The molecule has 2 nitrogen and oxygen atoms in total. The molecule has 0 saturated carbocycles. The summed E-state index contributed by atoms with van der Waals surface area (Å²) in [6, 6.07) is 1.72. The smallest absolute Gasteiger partial charge is 0.197 e. The van der Waals surface area contributed by atoms with Gasteiger partial charge in [0.2, 0.25) is 0 Å². The summed E-state index contributed by atoms with van der Waals surface area (Å²) in [6.45, 7) is 0. The van der Waals surface area contributed by atoms with Gasteiger partial charge in [0.15, 0.2) is 5.22 Å². The third-order valence-electron chi connectivity index (χ3n) is 1.88. The molecule has 0 fully saturated rings. The Kier molecular flexibility index (Phi) is 3.88. The summed E-state index contributed by atoms with van der Waals surface area (Å²) in [6.07, 6.45) is 9.17. The van der Waals surface area contributed by atoms with E-state index < -0.39 is 0 Å². The minimum Gasteiger partial charge on any atom is -0.453 e. The molecule has 0 amide bonds. The largest absolute Gasteiger partial charge is 0.453 e. The zero-order valence-electron chi connectivity index (χ0n) is 7.29. The molecule has 0 aliphatic rings. The molecule has 2 N–H and O–H groups in total.